The first-order valence-electron chi connectivity index (χ1n) is 5.73. The van der Waals surface area contributed by atoms with E-state index in [9.17, 15) is 0 Å². The van der Waals surface area contributed by atoms with Gasteiger partial charge in [0.2, 0.25) is 0 Å². The second-order valence-electron chi connectivity index (χ2n) is 4.44. The summed E-state index contributed by atoms with van der Waals surface area (Å²) < 4.78 is 0. The average Bonchev–Trinajstić information content (AvgIpc) is 2.65. The molecule has 0 amide bonds. The molecule has 0 aromatic heterocycles. The fraction of sp³-hybridized carbons (Fsp3) is 0.200. The van der Waals surface area contributed by atoms with E-state index >= 15 is 0 Å². The summed E-state index contributed by atoms with van der Waals surface area (Å²) in [4.78, 5) is 0. The Bertz CT molecular complexity index is 515. The summed E-state index contributed by atoms with van der Waals surface area (Å²) in [6.07, 6.45) is 1.05. The van der Waals surface area contributed by atoms with E-state index in [1.807, 2.05) is 0 Å². The Balaban J connectivity index is 0.000000367. The number of benzene rings is 2. The zero-order valence-electron chi connectivity index (χ0n) is 10.3. The van der Waals surface area contributed by atoms with Crippen LogP contribution >= 0.6 is 17.0 Å². The molecule has 2 aromatic carbocycles. The fourth-order valence-corrected chi connectivity index (χ4v) is 2.37. The van der Waals surface area contributed by atoms with Crippen molar-refractivity contribution in [2.24, 2.45) is 0 Å². The van der Waals surface area contributed by atoms with E-state index in [1.165, 1.54) is 33.4 Å². The quantitative estimate of drug-likeness (QED) is 0.495. The summed E-state index contributed by atoms with van der Waals surface area (Å²) in [7, 11) is 9.87. The molecule has 0 radical (unpaired) electrons. The zero-order valence-corrected chi connectivity index (χ0v) is 14.3. The van der Waals surface area contributed by atoms with Gasteiger partial charge in [0.25, 0.3) is 0 Å². The maximum atomic E-state index is 4.93. The van der Waals surface area contributed by atoms with Gasteiger partial charge in [0, 0.05) is 0 Å². The van der Waals surface area contributed by atoms with Gasteiger partial charge in [0.15, 0.2) is 0 Å². The summed E-state index contributed by atoms with van der Waals surface area (Å²) in [5, 5.41) is 0. The standard InChI is InChI=1S/C15H13.2ClH.Zr/c1-10-3-5-14-12(7-10)9-13-8-11(2)4-6-15(13)14;;;/h3-7H,9H2,1-2H3;2*1H;/q-1;;;+2/p-2. The molecule has 0 heterocycles. The Morgan fingerprint density at radius 3 is 2.44 bits per heavy atom. The summed E-state index contributed by atoms with van der Waals surface area (Å²) in [6, 6.07) is 14.5. The van der Waals surface area contributed by atoms with Gasteiger partial charge >= 0.3 is 37.9 Å². The van der Waals surface area contributed by atoms with Crippen molar-refractivity contribution in [3.8, 4) is 11.1 Å². The molecule has 0 N–H and O–H groups in total. The minimum absolute atomic E-state index is 0.826. The predicted octanol–water partition coefficient (Wildman–Crippen LogP) is 5.05. The Morgan fingerprint density at radius 1 is 1.06 bits per heavy atom. The van der Waals surface area contributed by atoms with Crippen LogP contribution in [-0.4, -0.2) is 0 Å². The first-order valence-corrected chi connectivity index (χ1v) is 12.1. The van der Waals surface area contributed by atoms with Crippen LogP contribution in [-0.2, 0) is 27.3 Å². The van der Waals surface area contributed by atoms with Gasteiger partial charge in [-0.25, -0.2) is 0 Å². The number of hydrogen-bond donors (Lipinski definition) is 0. The summed E-state index contributed by atoms with van der Waals surface area (Å²) >= 11 is -0.826. The third kappa shape index (κ3) is 3.07. The van der Waals surface area contributed by atoms with Crippen LogP contribution in [0.4, 0.5) is 0 Å². The van der Waals surface area contributed by atoms with Crippen LogP contribution in [0.5, 0.6) is 0 Å². The molecule has 1 aliphatic rings. The van der Waals surface area contributed by atoms with Crippen LogP contribution in [0.2, 0.25) is 0 Å². The van der Waals surface area contributed by atoms with Crippen LogP contribution in [0.25, 0.3) is 11.1 Å². The Morgan fingerprint density at radius 2 is 1.72 bits per heavy atom. The SMILES string of the molecule is Cc1[c-]c2c(cc1)-c1ccc(C)cc1C2.[Cl][Zr][Cl]. The summed E-state index contributed by atoms with van der Waals surface area (Å²) in [5.41, 5.74) is 8.15. The maximum absolute atomic E-state index is 4.93. The number of halogens is 2. The number of rotatable bonds is 0. The average molecular weight is 355 g/mol. The summed E-state index contributed by atoms with van der Waals surface area (Å²) in [6.45, 7) is 4.26. The number of fused-ring (bicyclic) bond motifs is 3. The van der Waals surface area contributed by atoms with Gasteiger partial charge < -0.3 is 0 Å². The molecule has 18 heavy (non-hydrogen) atoms. The van der Waals surface area contributed by atoms with Crippen LogP contribution in [0.15, 0.2) is 30.3 Å². The topological polar surface area (TPSA) is 0 Å². The molecule has 0 aliphatic heterocycles. The van der Waals surface area contributed by atoms with Crippen molar-refractivity contribution >= 4 is 17.0 Å². The van der Waals surface area contributed by atoms with Crippen LogP contribution in [0.3, 0.4) is 0 Å². The Labute approximate surface area is 127 Å². The van der Waals surface area contributed by atoms with E-state index < -0.39 is 20.8 Å². The molecule has 3 rings (SSSR count). The number of hydrogen-bond acceptors (Lipinski definition) is 0. The van der Waals surface area contributed by atoms with E-state index in [1.54, 1.807) is 0 Å². The molecular formula is C15H13Cl2Zr-. The number of aryl methyl sites for hydroxylation is 2. The van der Waals surface area contributed by atoms with Crippen molar-refractivity contribution in [3.63, 3.8) is 0 Å². The fourth-order valence-electron chi connectivity index (χ4n) is 2.37. The van der Waals surface area contributed by atoms with E-state index in [2.05, 4.69) is 50.2 Å². The monoisotopic (exact) mass is 353 g/mol. The molecule has 1 aliphatic carbocycles. The first-order chi connectivity index (χ1) is 8.65. The molecule has 0 unspecified atom stereocenters. The van der Waals surface area contributed by atoms with Gasteiger partial charge in [-0.3, -0.25) is 0 Å². The Hall–Kier alpha value is -0.0969. The van der Waals surface area contributed by atoms with Crippen LogP contribution in [0.1, 0.15) is 22.3 Å². The molecule has 92 valence electrons. The van der Waals surface area contributed by atoms with E-state index in [-0.39, 0.29) is 0 Å². The van der Waals surface area contributed by atoms with E-state index in [4.69, 9.17) is 17.0 Å². The second kappa shape index (κ2) is 6.37. The molecule has 0 bridgehead atoms. The normalized spacial score (nSPS) is 11.1. The van der Waals surface area contributed by atoms with Crippen molar-refractivity contribution in [2.45, 2.75) is 20.3 Å². The van der Waals surface area contributed by atoms with Gasteiger partial charge in [-0.2, -0.15) is 23.8 Å². The van der Waals surface area contributed by atoms with Crippen molar-refractivity contribution in [3.05, 3.63) is 58.7 Å². The van der Waals surface area contributed by atoms with E-state index in [0.29, 0.717) is 0 Å². The van der Waals surface area contributed by atoms with Crippen molar-refractivity contribution in [1.29, 1.82) is 0 Å². The first kappa shape index (κ1) is 14.3. The van der Waals surface area contributed by atoms with Gasteiger partial charge in [-0.15, -0.1) is 11.1 Å². The molecular weight excluding hydrogens is 342 g/mol. The van der Waals surface area contributed by atoms with Gasteiger partial charge in [-0.05, 0) is 18.9 Å². The molecule has 2 aromatic rings. The molecule has 0 saturated heterocycles. The second-order valence-corrected chi connectivity index (χ2v) is 8.17. The third-order valence-electron chi connectivity index (χ3n) is 3.09. The molecule has 3 heteroatoms. The van der Waals surface area contributed by atoms with Gasteiger partial charge in [0.05, 0.1) is 0 Å². The van der Waals surface area contributed by atoms with Crippen LogP contribution < -0.4 is 0 Å². The third-order valence-corrected chi connectivity index (χ3v) is 3.09. The minimum atomic E-state index is -0.826. The van der Waals surface area contributed by atoms with Crippen LogP contribution in [0, 0.1) is 19.9 Å². The van der Waals surface area contributed by atoms with E-state index in [0.717, 1.165) is 6.42 Å². The van der Waals surface area contributed by atoms with Crippen molar-refractivity contribution in [1.82, 2.24) is 0 Å². The predicted molar refractivity (Wildman–Crippen MR) is 74.7 cm³/mol. The summed E-state index contributed by atoms with van der Waals surface area (Å²) in [5.74, 6) is 0. The van der Waals surface area contributed by atoms with Gasteiger partial charge in [0.1, 0.15) is 0 Å². The Kier molecular flexibility index (Phi) is 5.07. The molecule has 0 saturated carbocycles. The van der Waals surface area contributed by atoms with Crippen molar-refractivity contribution < 1.29 is 20.8 Å². The molecule has 0 fully saturated rings. The van der Waals surface area contributed by atoms with Crippen molar-refractivity contribution in [2.75, 3.05) is 0 Å². The molecule has 0 spiro atoms. The van der Waals surface area contributed by atoms with Gasteiger partial charge in [-0.1, -0.05) is 36.2 Å². The molecule has 0 atom stereocenters. The zero-order chi connectivity index (χ0) is 13.1. The molecule has 0 nitrogen and oxygen atoms in total.